The molecule has 3 rings (SSSR count). The van der Waals surface area contributed by atoms with Gasteiger partial charge in [-0.05, 0) is 35.9 Å². The van der Waals surface area contributed by atoms with Crippen molar-refractivity contribution in [3.05, 3.63) is 69.9 Å². The number of nitrogens with one attached hydrogen (secondary N) is 1. The number of aromatic nitrogens is 1. The number of nitrogens with zero attached hydrogens (tertiary/aromatic N) is 2. The van der Waals surface area contributed by atoms with Crippen LogP contribution >= 0.6 is 0 Å². The molecule has 0 saturated heterocycles. The van der Waals surface area contributed by atoms with Crippen LogP contribution in [0.2, 0.25) is 0 Å². The molecule has 0 unspecified atom stereocenters. The normalized spacial score (nSPS) is 10.8. The second-order valence-corrected chi connectivity index (χ2v) is 5.27. The first kappa shape index (κ1) is 14.6. The minimum absolute atomic E-state index is 0.0188. The maximum absolute atomic E-state index is 10.8. The third kappa shape index (κ3) is 2.71. The first-order chi connectivity index (χ1) is 11.0. The van der Waals surface area contributed by atoms with Crippen LogP contribution in [0.4, 0.5) is 11.4 Å². The highest BCUT2D eigenvalue weighted by atomic mass is 16.6. The molecule has 0 aliphatic rings. The zero-order valence-electron chi connectivity index (χ0n) is 12.2. The summed E-state index contributed by atoms with van der Waals surface area (Å²) in [4.78, 5) is 10.3. The van der Waals surface area contributed by atoms with Gasteiger partial charge in [-0.25, -0.2) is 0 Å². The summed E-state index contributed by atoms with van der Waals surface area (Å²) in [7, 11) is 0. The van der Waals surface area contributed by atoms with E-state index in [1.54, 1.807) is 12.1 Å². The van der Waals surface area contributed by atoms with E-state index in [4.69, 9.17) is 16.9 Å². The summed E-state index contributed by atoms with van der Waals surface area (Å²) < 4.78 is 2.00. The minimum atomic E-state index is -0.464. The zero-order chi connectivity index (χ0) is 16.6. The first-order valence-corrected chi connectivity index (χ1v) is 6.92. The molecular weight excluding hydrogens is 294 g/mol. The Morgan fingerprint density at radius 2 is 2.00 bits per heavy atom. The molecule has 3 aromatic rings. The fourth-order valence-corrected chi connectivity index (χ4v) is 2.53. The van der Waals surface area contributed by atoms with E-state index in [2.05, 4.69) is 0 Å². The van der Waals surface area contributed by atoms with Crippen molar-refractivity contribution in [3.63, 3.8) is 0 Å². The van der Waals surface area contributed by atoms with E-state index in [9.17, 15) is 10.1 Å². The Labute approximate surface area is 131 Å². The Bertz CT molecular complexity index is 929. The maximum atomic E-state index is 10.8. The SMILES string of the molecule is N=C(N)c1ccc2c(ccn2Cc2ccc([N+](=O)[O-])cc2N)c1. The Balaban J connectivity index is 1.96. The standard InChI is InChI=1S/C16H15N5O2/c17-14-8-13(21(22)23)3-1-12(14)9-20-6-5-10-7-11(16(18)19)2-4-15(10)20/h1-8H,9,17H2,(H3,18,19). The number of hydrogen-bond acceptors (Lipinski definition) is 4. The van der Waals surface area contributed by atoms with Crippen LogP contribution in [0, 0.1) is 15.5 Å². The second-order valence-electron chi connectivity index (χ2n) is 5.27. The number of non-ortho nitro benzene ring substituents is 1. The molecule has 0 saturated carbocycles. The van der Waals surface area contributed by atoms with Crippen LogP contribution in [-0.2, 0) is 6.54 Å². The van der Waals surface area contributed by atoms with Crippen LogP contribution in [0.15, 0.2) is 48.7 Å². The Hall–Kier alpha value is -3.35. The number of fused-ring (bicyclic) bond motifs is 1. The van der Waals surface area contributed by atoms with Gasteiger partial charge in [-0.1, -0.05) is 0 Å². The zero-order valence-corrected chi connectivity index (χ0v) is 12.2. The number of hydrogen-bond donors (Lipinski definition) is 3. The van der Waals surface area contributed by atoms with Crippen LogP contribution in [-0.4, -0.2) is 15.3 Å². The van der Waals surface area contributed by atoms with E-state index < -0.39 is 4.92 Å². The number of anilines is 1. The molecule has 5 N–H and O–H groups in total. The molecular formula is C16H15N5O2. The molecule has 0 radical (unpaired) electrons. The molecule has 0 spiro atoms. The molecule has 1 heterocycles. The van der Waals surface area contributed by atoms with E-state index in [1.165, 1.54) is 12.1 Å². The van der Waals surface area contributed by atoms with Gasteiger partial charge in [0.2, 0.25) is 0 Å². The Morgan fingerprint density at radius 3 is 2.65 bits per heavy atom. The molecule has 2 aromatic carbocycles. The number of nitrogen functional groups attached to an aromatic ring is 2. The van der Waals surface area contributed by atoms with Gasteiger partial charge in [0.1, 0.15) is 5.84 Å². The lowest BCUT2D eigenvalue weighted by Gasteiger charge is -2.09. The first-order valence-electron chi connectivity index (χ1n) is 6.92. The van der Waals surface area contributed by atoms with Crippen molar-refractivity contribution in [1.82, 2.24) is 4.57 Å². The molecule has 1 aromatic heterocycles. The maximum Gasteiger partial charge on any atom is 0.271 e. The van der Waals surface area contributed by atoms with E-state index in [-0.39, 0.29) is 11.5 Å². The number of nitrogens with two attached hydrogens (primary N) is 2. The summed E-state index contributed by atoms with van der Waals surface area (Å²) in [5, 5.41) is 19.2. The van der Waals surface area contributed by atoms with Gasteiger partial charge in [0.05, 0.1) is 4.92 Å². The topological polar surface area (TPSA) is 124 Å². The summed E-state index contributed by atoms with van der Waals surface area (Å²) in [5.74, 6) is 0.0271. The third-order valence-electron chi connectivity index (χ3n) is 3.76. The van der Waals surface area contributed by atoms with Gasteiger partial charge in [0.15, 0.2) is 0 Å². The van der Waals surface area contributed by atoms with Crippen molar-refractivity contribution < 1.29 is 4.92 Å². The van der Waals surface area contributed by atoms with E-state index >= 15 is 0 Å². The summed E-state index contributed by atoms with van der Waals surface area (Å²) in [6.07, 6.45) is 1.91. The summed E-state index contributed by atoms with van der Waals surface area (Å²) >= 11 is 0. The highest BCUT2D eigenvalue weighted by Crippen LogP contribution is 2.23. The van der Waals surface area contributed by atoms with Crippen LogP contribution in [0.1, 0.15) is 11.1 Å². The summed E-state index contributed by atoms with van der Waals surface area (Å²) in [5.41, 5.74) is 14.3. The number of nitro benzene ring substituents is 1. The fraction of sp³-hybridized carbons (Fsp3) is 0.0625. The van der Waals surface area contributed by atoms with Crippen LogP contribution in [0.25, 0.3) is 10.9 Å². The second kappa shape index (κ2) is 5.45. The van der Waals surface area contributed by atoms with Gasteiger partial charge in [-0.2, -0.15) is 0 Å². The predicted octanol–water partition coefficient (Wildman–Crippen LogP) is 2.46. The van der Waals surface area contributed by atoms with Crippen molar-refractivity contribution in [1.29, 1.82) is 5.41 Å². The number of rotatable bonds is 4. The van der Waals surface area contributed by atoms with Gasteiger partial charge in [0, 0.05) is 47.0 Å². The molecule has 0 fully saturated rings. The molecule has 0 aliphatic carbocycles. The van der Waals surface area contributed by atoms with Crippen molar-refractivity contribution in [2.45, 2.75) is 6.54 Å². The van der Waals surface area contributed by atoms with Gasteiger partial charge in [-0.15, -0.1) is 0 Å². The van der Waals surface area contributed by atoms with Crippen molar-refractivity contribution in [3.8, 4) is 0 Å². The fourth-order valence-electron chi connectivity index (χ4n) is 2.53. The highest BCUT2D eigenvalue weighted by molar-refractivity contribution is 5.98. The molecule has 0 aliphatic heterocycles. The van der Waals surface area contributed by atoms with Crippen LogP contribution in [0.5, 0.6) is 0 Å². The molecule has 0 amide bonds. The quantitative estimate of drug-likeness (QED) is 0.225. The average molecular weight is 309 g/mol. The average Bonchev–Trinajstić information content (AvgIpc) is 2.91. The van der Waals surface area contributed by atoms with Gasteiger partial charge < -0.3 is 16.0 Å². The smallest absolute Gasteiger partial charge is 0.271 e. The van der Waals surface area contributed by atoms with Gasteiger partial charge in [-0.3, -0.25) is 15.5 Å². The number of nitro groups is 1. The number of benzene rings is 2. The van der Waals surface area contributed by atoms with E-state index in [0.717, 1.165) is 16.5 Å². The lowest BCUT2D eigenvalue weighted by Crippen LogP contribution is -2.10. The molecule has 7 heteroatoms. The van der Waals surface area contributed by atoms with Crippen molar-refractivity contribution >= 4 is 28.1 Å². The lowest BCUT2D eigenvalue weighted by molar-refractivity contribution is -0.384. The van der Waals surface area contributed by atoms with E-state index in [1.807, 2.05) is 29.0 Å². The summed E-state index contributed by atoms with van der Waals surface area (Å²) in [6.45, 7) is 0.507. The molecule has 0 bridgehead atoms. The lowest BCUT2D eigenvalue weighted by atomic mass is 10.1. The highest BCUT2D eigenvalue weighted by Gasteiger charge is 2.10. The molecule has 0 atom stereocenters. The van der Waals surface area contributed by atoms with Crippen molar-refractivity contribution in [2.75, 3.05) is 5.73 Å². The van der Waals surface area contributed by atoms with Gasteiger partial charge >= 0.3 is 0 Å². The van der Waals surface area contributed by atoms with Crippen molar-refractivity contribution in [2.24, 2.45) is 5.73 Å². The third-order valence-corrected chi connectivity index (χ3v) is 3.76. The molecule has 23 heavy (non-hydrogen) atoms. The minimum Gasteiger partial charge on any atom is -0.398 e. The van der Waals surface area contributed by atoms with Crippen LogP contribution in [0.3, 0.4) is 0 Å². The molecule has 116 valence electrons. The predicted molar refractivity (Wildman–Crippen MR) is 89.6 cm³/mol. The van der Waals surface area contributed by atoms with E-state index in [0.29, 0.717) is 17.8 Å². The van der Waals surface area contributed by atoms with Gasteiger partial charge in [0.25, 0.3) is 5.69 Å². The Kier molecular flexibility index (Phi) is 3.46. The Morgan fingerprint density at radius 1 is 1.22 bits per heavy atom. The number of amidine groups is 1. The monoisotopic (exact) mass is 309 g/mol. The van der Waals surface area contributed by atoms with Crippen LogP contribution < -0.4 is 11.5 Å². The molecule has 7 nitrogen and oxygen atoms in total. The summed E-state index contributed by atoms with van der Waals surface area (Å²) in [6, 6.07) is 12.0. The largest absolute Gasteiger partial charge is 0.398 e.